The van der Waals surface area contributed by atoms with Gasteiger partial charge in [-0.1, -0.05) is 12.1 Å². The van der Waals surface area contributed by atoms with Gasteiger partial charge in [-0.15, -0.1) is 23.5 Å². The lowest BCUT2D eigenvalue weighted by atomic mass is 10.2. The number of ether oxygens (including phenoxy) is 1. The fraction of sp³-hybridized carbons (Fsp3) is 0.333. The van der Waals surface area contributed by atoms with Crippen molar-refractivity contribution < 1.29 is 14.9 Å². The summed E-state index contributed by atoms with van der Waals surface area (Å²) < 4.78 is 5.33. The van der Waals surface area contributed by atoms with E-state index in [1.807, 2.05) is 24.3 Å². The molecule has 2 N–H and O–H groups in total. The van der Waals surface area contributed by atoms with Crippen LogP contribution in [0.4, 0.5) is 0 Å². The Balaban J connectivity index is 2.11. The van der Waals surface area contributed by atoms with Crippen molar-refractivity contribution in [3.63, 3.8) is 0 Å². The molecular weight excluding hydrogens is 256 g/mol. The van der Waals surface area contributed by atoms with Crippen LogP contribution >= 0.6 is 23.5 Å². The van der Waals surface area contributed by atoms with Gasteiger partial charge in [0.15, 0.2) is 0 Å². The van der Waals surface area contributed by atoms with Crippen molar-refractivity contribution in [1.29, 1.82) is 0 Å². The van der Waals surface area contributed by atoms with Gasteiger partial charge in [-0.3, -0.25) is 0 Å². The zero-order chi connectivity index (χ0) is 12.3. The van der Waals surface area contributed by atoms with Gasteiger partial charge in [0.25, 0.3) is 0 Å². The van der Waals surface area contributed by atoms with E-state index in [9.17, 15) is 10.2 Å². The third kappa shape index (κ3) is 2.80. The maximum Gasteiger partial charge on any atom is 0.118 e. The lowest BCUT2D eigenvalue weighted by Gasteiger charge is -2.10. The third-order valence-electron chi connectivity index (χ3n) is 2.48. The predicted molar refractivity (Wildman–Crippen MR) is 72.1 cm³/mol. The highest BCUT2D eigenvalue weighted by Gasteiger charge is 2.26. The first-order chi connectivity index (χ1) is 8.28. The second kappa shape index (κ2) is 5.82. The molecule has 0 amide bonds. The van der Waals surface area contributed by atoms with E-state index in [2.05, 4.69) is 0 Å². The summed E-state index contributed by atoms with van der Waals surface area (Å²) in [6.07, 6.45) is 0. The van der Waals surface area contributed by atoms with Gasteiger partial charge < -0.3 is 14.9 Å². The van der Waals surface area contributed by atoms with E-state index in [1.165, 1.54) is 0 Å². The Kier molecular flexibility index (Phi) is 4.39. The smallest absolute Gasteiger partial charge is 0.118 e. The van der Waals surface area contributed by atoms with Crippen LogP contribution in [0.15, 0.2) is 34.1 Å². The van der Waals surface area contributed by atoms with Crippen LogP contribution in [-0.4, -0.2) is 30.5 Å². The minimum Gasteiger partial charge on any atom is -0.497 e. The van der Waals surface area contributed by atoms with Crippen molar-refractivity contribution in [2.75, 3.05) is 20.3 Å². The van der Waals surface area contributed by atoms with Crippen molar-refractivity contribution in [2.45, 2.75) is 4.58 Å². The number of hydrogen-bond acceptors (Lipinski definition) is 5. The monoisotopic (exact) mass is 270 g/mol. The number of aliphatic hydroxyl groups is 2. The maximum absolute atomic E-state index is 9.19. The molecule has 0 atom stereocenters. The molecule has 0 saturated carbocycles. The predicted octanol–water partition coefficient (Wildman–Crippen LogP) is 2.37. The van der Waals surface area contributed by atoms with Crippen molar-refractivity contribution in [3.8, 4) is 5.75 Å². The Morgan fingerprint density at radius 2 is 1.59 bits per heavy atom. The minimum absolute atomic E-state index is 0.000213. The molecule has 1 aliphatic heterocycles. The first-order valence-electron chi connectivity index (χ1n) is 5.19. The highest BCUT2D eigenvalue weighted by molar-refractivity contribution is 8.22. The average Bonchev–Trinajstić information content (AvgIpc) is 2.82. The van der Waals surface area contributed by atoms with Gasteiger partial charge in [-0.2, -0.15) is 0 Å². The lowest BCUT2D eigenvalue weighted by Crippen LogP contribution is -1.89. The molecule has 92 valence electrons. The van der Waals surface area contributed by atoms with Gasteiger partial charge in [-0.05, 0) is 17.7 Å². The molecule has 0 unspecified atom stereocenters. The van der Waals surface area contributed by atoms with Gasteiger partial charge >= 0.3 is 0 Å². The molecule has 1 aliphatic rings. The highest BCUT2D eigenvalue weighted by atomic mass is 32.2. The van der Waals surface area contributed by atoms with E-state index in [0.29, 0.717) is 0 Å². The van der Waals surface area contributed by atoms with Gasteiger partial charge in [0.05, 0.1) is 24.9 Å². The Morgan fingerprint density at radius 1 is 1.06 bits per heavy atom. The molecule has 0 fully saturated rings. The van der Waals surface area contributed by atoms with E-state index in [0.717, 1.165) is 21.1 Å². The fourth-order valence-corrected chi connectivity index (χ4v) is 4.38. The zero-order valence-corrected chi connectivity index (χ0v) is 11.1. The van der Waals surface area contributed by atoms with Crippen LogP contribution in [-0.2, 0) is 0 Å². The zero-order valence-electron chi connectivity index (χ0n) is 9.42. The number of benzene rings is 1. The molecule has 1 aromatic carbocycles. The lowest BCUT2D eigenvalue weighted by molar-refractivity contribution is 0.324. The van der Waals surface area contributed by atoms with Crippen molar-refractivity contribution in [3.05, 3.63) is 39.6 Å². The Labute approximate surface area is 109 Å². The van der Waals surface area contributed by atoms with Crippen LogP contribution in [0.3, 0.4) is 0 Å². The number of rotatable bonds is 4. The maximum atomic E-state index is 9.19. The molecular formula is C12H14O3S2. The third-order valence-corrected chi connectivity index (χ3v) is 5.48. The van der Waals surface area contributed by atoms with E-state index >= 15 is 0 Å². The van der Waals surface area contributed by atoms with Gasteiger partial charge in [0.2, 0.25) is 0 Å². The SMILES string of the molecule is COc1ccc(C2SC(CO)=C(CO)S2)cc1. The molecule has 0 aliphatic carbocycles. The largest absolute Gasteiger partial charge is 0.497 e. The normalized spacial score (nSPS) is 16.6. The Hall–Kier alpha value is -0.620. The van der Waals surface area contributed by atoms with Gasteiger partial charge in [-0.25, -0.2) is 0 Å². The average molecular weight is 270 g/mol. The Morgan fingerprint density at radius 3 is 2.00 bits per heavy atom. The van der Waals surface area contributed by atoms with Crippen molar-refractivity contribution >= 4 is 23.5 Å². The second-order valence-corrected chi connectivity index (χ2v) is 6.20. The van der Waals surface area contributed by atoms with Crippen LogP contribution in [0, 0.1) is 0 Å². The summed E-state index contributed by atoms with van der Waals surface area (Å²) in [5.74, 6) is 0.833. The quantitative estimate of drug-likeness (QED) is 0.879. The standard InChI is InChI=1S/C12H14O3S2/c1-15-9-4-2-8(3-5-9)12-16-10(6-13)11(7-14)17-12/h2-5,12-14H,6-7H2,1H3. The highest BCUT2D eigenvalue weighted by Crippen LogP contribution is 2.54. The van der Waals surface area contributed by atoms with Crippen molar-refractivity contribution in [2.24, 2.45) is 0 Å². The minimum atomic E-state index is 0.000213. The van der Waals surface area contributed by atoms with Crippen LogP contribution < -0.4 is 4.74 Å². The summed E-state index contributed by atoms with van der Waals surface area (Å²) >= 11 is 3.20. The van der Waals surface area contributed by atoms with Gasteiger partial charge in [0, 0.05) is 9.81 Å². The molecule has 5 heteroatoms. The van der Waals surface area contributed by atoms with Crippen LogP contribution in [0.2, 0.25) is 0 Å². The molecule has 0 aromatic heterocycles. The van der Waals surface area contributed by atoms with E-state index in [4.69, 9.17) is 4.74 Å². The molecule has 3 nitrogen and oxygen atoms in total. The molecule has 0 radical (unpaired) electrons. The van der Waals surface area contributed by atoms with Crippen molar-refractivity contribution in [1.82, 2.24) is 0 Å². The molecule has 1 heterocycles. The molecule has 2 rings (SSSR count). The van der Waals surface area contributed by atoms with E-state index in [-0.39, 0.29) is 17.8 Å². The summed E-state index contributed by atoms with van der Waals surface area (Å²) in [7, 11) is 1.64. The number of methoxy groups -OCH3 is 1. The molecule has 1 aromatic rings. The molecule has 0 bridgehead atoms. The Bertz CT molecular complexity index is 398. The number of hydrogen-bond donors (Lipinski definition) is 2. The summed E-state index contributed by atoms with van der Waals surface area (Å²) in [5, 5.41) is 18.4. The fourth-order valence-electron chi connectivity index (χ4n) is 1.56. The summed E-state index contributed by atoms with van der Waals surface area (Å²) in [6, 6.07) is 7.87. The molecule has 0 spiro atoms. The van der Waals surface area contributed by atoms with Crippen LogP contribution in [0.5, 0.6) is 5.75 Å². The second-order valence-electron chi connectivity index (χ2n) is 3.50. The van der Waals surface area contributed by atoms with Gasteiger partial charge in [0.1, 0.15) is 5.75 Å². The van der Waals surface area contributed by atoms with Crippen LogP contribution in [0.1, 0.15) is 10.1 Å². The number of thioether (sulfide) groups is 2. The first kappa shape index (κ1) is 12.8. The summed E-state index contributed by atoms with van der Waals surface area (Å²) in [4.78, 5) is 1.75. The van der Waals surface area contributed by atoms with E-state index in [1.54, 1.807) is 30.6 Å². The first-order valence-corrected chi connectivity index (χ1v) is 6.95. The number of aliphatic hydroxyl groups excluding tert-OH is 2. The van der Waals surface area contributed by atoms with Crippen LogP contribution in [0.25, 0.3) is 0 Å². The summed E-state index contributed by atoms with van der Waals surface area (Å²) in [5.41, 5.74) is 1.16. The summed E-state index contributed by atoms with van der Waals surface area (Å²) in [6.45, 7) is 0.000426. The van der Waals surface area contributed by atoms with E-state index < -0.39 is 0 Å². The molecule has 17 heavy (non-hydrogen) atoms. The molecule has 0 saturated heterocycles. The topological polar surface area (TPSA) is 49.7 Å².